The molecule has 1 aliphatic heterocycles. The third kappa shape index (κ3) is 6.17. The highest BCUT2D eigenvalue weighted by atomic mass is 16.7. The van der Waals surface area contributed by atoms with E-state index in [1.165, 1.54) is 7.11 Å². The van der Waals surface area contributed by atoms with Crippen LogP contribution in [0.25, 0.3) is 11.3 Å². The molecule has 0 spiro atoms. The smallest absolute Gasteiger partial charge is 0.338 e. The van der Waals surface area contributed by atoms with Gasteiger partial charge in [0, 0.05) is 23.4 Å². The highest BCUT2D eigenvalue weighted by molar-refractivity contribution is 6.37. The van der Waals surface area contributed by atoms with E-state index >= 15 is 0 Å². The highest BCUT2D eigenvalue weighted by Gasteiger charge is 2.30. The van der Waals surface area contributed by atoms with Crippen molar-refractivity contribution >= 4 is 40.4 Å². The van der Waals surface area contributed by atoms with E-state index < -0.39 is 5.97 Å². The Balaban J connectivity index is 1.69. The fraction of sp³-hybridized carbons (Fsp3) is 0.233. The number of esters is 1. The predicted molar refractivity (Wildman–Crippen MR) is 151 cm³/mol. The molecule has 0 fully saturated rings. The second-order valence-corrected chi connectivity index (χ2v) is 9.51. The predicted octanol–water partition coefficient (Wildman–Crippen LogP) is 4.25. The number of methoxy groups -OCH3 is 1. The lowest BCUT2D eigenvalue weighted by Gasteiger charge is -2.17. The molecule has 1 heterocycles. The van der Waals surface area contributed by atoms with Crippen LogP contribution < -0.4 is 16.1 Å². The van der Waals surface area contributed by atoms with Gasteiger partial charge in [0.25, 0.3) is 11.8 Å². The van der Waals surface area contributed by atoms with Crippen molar-refractivity contribution in [1.82, 2.24) is 10.4 Å². The first-order chi connectivity index (χ1) is 18.7. The number of nitrogens with zero attached hydrogens (tertiary/aromatic N) is 1. The molecule has 9 heteroatoms. The first kappa shape index (κ1) is 27.6. The fourth-order valence-corrected chi connectivity index (χ4v) is 4.33. The molecule has 39 heavy (non-hydrogen) atoms. The largest absolute Gasteiger partial charge is 0.465 e. The zero-order chi connectivity index (χ0) is 28.1. The number of nitrogens with one attached hydrogen (secondary N) is 3. The summed E-state index contributed by atoms with van der Waals surface area (Å²) in [4.78, 5) is 45.3. The lowest BCUT2D eigenvalue weighted by molar-refractivity contribution is -0.110. The minimum atomic E-state index is -0.467. The van der Waals surface area contributed by atoms with Crippen LogP contribution in [-0.2, 0) is 14.4 Å². The summed E-state index contributed by atoms with van der Waals surface area (Å²) in [6.45, 7) is 4.69. The summed E-state index contributed by atoms with van der Waals surface area (Å²) in [5, 5.41) is 6.29. The number of carbonyl (C=O) groups excluding carboxylic acids is 3. The maximum absolute atomic E-state index is 13.3. The van der Waals surface area contributed by atoms with Crippen molar-refractivity contribution in [3.63, 3.8) is 0 Å². The van der Waals surface area contributed by atoms with Crippen LogP contribution in [0.15, 0.2) is 60.7 Å². The van der Waals surface area contributed by atoms with Gasteiger partial charge in [0.05, 0.1) is 36.2 Å². The Morgan fingerprint density at radius 2 is 1.67 bits per heavy atom. The van der Waals surface area contributed by atoms with E-state index in [0.29, 0.717) is 58.1 Å². The van der Waals surface area contributed by atoms with Crippen molar-refractivity contribution in [2.24, 2.45) is 0 Å². The van der Waals surface area contributed by atoms with Crippen molar-refractivity contribution in [2.75, 3.05) is 45.0 Å². The number of likely N-dealkylation sites (N-methyl/N-ethyl adjacent to an activating group) is 1. The molecule has 0 bridgehead atoms. The van der Waals surface area contributed by atoms with Gasteiger partial charge in [-0.1, -0.05) is 30.3 Å². The molecule has 3 N–H and O–H groups in total. The van der Waals surface area contributed by atoms with Crippen LogP contribution in [0, 0.1) is 13.8 Å². The minimum Gasteiger partial charge on any atom is -0.465 e. The SMILES string of the molecule is COC(=O)c1cc2c(cc1C)C(=C(Nc1ccc(C(=O)NOCCN(C)C)c(C)c1)c1ccccc1)C(=O)N2. The monoisotopic (exact) mass is 528 g/mol. The summed E-state index contributed by atoms with van der Waals surface area (Å²) in [5.74, 6) is -1.09. The summed E-state index contributed by atoms with van der Waals surface area (Å²) in [7, 11) is 5.18. The number of benzene rings is 3. The van der Waals surface area contributed by atoms with Gasteiger partial charge in [-0.2, -0.15) is 0 Å². The van der Waals surface area contributed by atoms with Gasteiger partial charge < -0.3 is 20.3 Å². The zero-order valence-corrected chi connectivity index (χ0v) is 22.7. The molecule has 9 nitrogen and oxygen atoms in total. The number of aryl methyl sites for hydroxylation is 2. The highest BCUT2D eigenvalue weighted by Crippen LogP contribution is 2.39. The third-order valence-electron chi connectivity index (χ3n) is 6.37. The van der Waals surface area contributed by atoms with Crippen molar-refractivity contribution < 1.29 is 24.0 Å². The van der Waals surface area contributed by atoms with Crippen molar-refractivity contribution in [3.8, 4) is 0 Å². The maximum atomic E-state index is 13.3. The topological polar surface area (TPSA) is 109 Å². The average molecular weight is 529 g/mol. The molecule has 3 aromatic carbocycles. The molecule has 0 atom stereocenters. The van der Waals surface area contributed by atoms with Gasteiger partial charge in [-0.3, -0.25) is 14.4 Å². The number of hydrogen-bond acceptors (Lipinski definition) is 7. The average Bonchev–Trinajstić information content (AvgIpc) is 3.23. The number of fused-ring (bicyclic) bond motifs is 1. The molecule has 0 saturated heterocycles. The van der Waals surface area contributed by atoms with Gasteiger partial charge in [-0.05, 0) is 75.0 Å². The Kier molecular flexibility index (Phi) is 8.43. The quantitative estimate of drug-likeness (QED) is 0.165. The van der Waals surface area contributed by atoms with Gasteiger partial charge in [0.15, 0.2) is 0 Å². The van der Waals surface area contributed by atoms with E-state index in [4.69, 9.17) is 9.57 Å². The van der Waals surface area contributed by atoms with E-state index in [-0.39, 0.29) is 11.8 Å². The number of hydroxylamine groups is 1. The van der Waals surface area contributed by atoms with Crippen LogP contribution in [0.3, 0.4) is 0 Å². The zero-order valence-electron chi connectivity index (χ0n) is 22.7. The van der Waals surface area contributed by atoms with E-state index in [2.05, 4.69) is 16.1 Å². The summed E-state index contributed by atoms with van der Waals surface area (Å²) < 4.78 is 4.89. The second-order valence-electron chi connectivity index (χ2n) is 9.51. The molecule has 2 amide bonds. The Morgan fingerprint density at radius 3 is 2.33 bits per heavy atom. The van der Waals surface area contributed by atoms with E-state index in [0.717, 1.165) is 11.1 Å². The Morgan fingerprint density at radius 1 is 0.949 bits per heavy atom. The van der Waals surface area contributed by atoms with Crippen molar-refractivity contribution in [3.05, 3.63) is 94.0 Å². The number of amides is 2. The van der Waals surface area contributed by atoms with Gasteiger partial charge in [-0.15, -0.1) is 0 Å². The van der Waals surface area contributed by atoms with E-state index in [1.54, 1.807) is 25.1 Å². The van der Waals surface area contributed by atoms with Crippen LogP contribution in [0.1, 0.15) is 43.0 Å². The molecule has 1 aliphatic rings. The molecule has 0 saturated carbocycles. The van der Waals surface area contributed by atoms with Crippen LogP contribution in [0.4, 0.5) is 11.4 Å². The summed E-state index contributed by atoms with van der Waals surface area (Å²) in [6, 6.07) is 18.3. The Bertz CT molecular complexity index is 1450. The van der Waals surface area contributed by atoms with Crippen LogP contribution in [-0.4, -0.2) is 57.0 Å². The summed E-state index contributed by atoms with van der Waals surface area (Å²) in [6.07, 6.45) is 0. The van der Waals surface area contributed by atoms with Crippen LogP contribution >= 0.6 is 0 Å². The normalized spacial score (nSPS) is 13.5. The van der Waals surface area contributed by atoms with Gasteiger partial charge >= 0.3 is 5.97 Å². The first-order valence-electron chi connectivity index (χ1n) is 12.5. The molecule has 0 radical (unpaired) electrons. The standard InChI is InChI=1S/C30H32N4O5/c1-18-15-21(11-12-22(18)28(35)33-39-14-13-34(3)4)31-27(20-9-7-6-8-10-20)26-24-16-19(2)23(30(37)38-5)17-25(24)32-29(26)36/h6-12,15-17,31H,13-14H2,1-5H3,(H,32,36)(H,33,35). The van der Waals surface area contributed by atoms with Crippen molar-refractivity contribution in [1.29, 1.82) is 0 Å². The lowest BCUT2D eigenvalue weighted by atomic mass is 9.96. The van der Waals surface area contributed by atoms with Gasteiger partial charge in [-0.25, -0.2) is 10.3 Å². The molecule has 202 valence electrons. The number of anilines is 2. The molecule has 0 aromatic heterocycles. The molecule has 3 aromatic rings. The van der Waals surface area contributed by atoms with Gasteiger partial charge in [0.1, 0.15) is 0 Å². The molecular weight excluding hydrogens is 496 g/mol. The number of rotatable bonds is 9. The summed E-state index contributed by atoms with van der Waals surface area (Å²) >= 11 is 0. The van der Waals surface area contributed by atoms with Gasteiger partial charge in [0.2, 0.25) is 0 Å². The fourth-order valence-electron chi connectivity index (χ4n) is 4.33. The molecule has 0 unspecified atom stereocenters. The van der Waals surface area contributed by atoms with E-state index in [1.807, 2.05) is 68.4 Å². The number of hydrogen-bond donors (Lipinski definition) is 3. The molecule has 4 rings (SSSR count). The maximum Gasteiger partial charge on any atom is 0.338 e. The van der Waals surface area contributed by atoms with Crippen LogP contribution in [0.5, 0.6) is 0 Å². The number of carbonyl (C=O) groups is 3. The van der Waals surface area contributed by atoms with E-state index in [9.17, 15) is 14.4 Å². The Hall–Kier alpha value is -4.47. The number of ether oxygens (including phenoxy) is 1. The molecule has 0 aliphatic carbocycles. The van der Waals surface area contributed by atoms with Crippen molar-refractivity contribution in [2.45, 2.75) is 13.8 Å². The lowest BCUT2D eigenvalue weighted by Crippen LogP contribution is -2.28. The third-order valence-corrected chi connectivity index (χ3v) is 6.37. The Labute approximate surface area is 227 Å². The summed E-state index contributed by atoms with van der Waals surface area (Å²) in [5.41, 5.74) is 8.56. The minimum absolute atomic E-state index is 0.291. The van der Waals surface area contributed by atoms with Crippen LogP contribution in [0.2, 0.25) is 0 Å². The molecular formula is C30H32N4O5. The second kappa shape index (κ2) is 11.9. The first-order valence-corrected chi connectivity index (χ1v) is 12.5.